The van der Waals surface area contributed by atoms with Crippen molar-refractivity contribution in [2.75, 3.05) is 26.8 Å². The average Bonchev–Trinajstić information content (AvgIpc) is 3.52. The summed E-state index contributed by atoms with van der Waals surface area (Å²) in [7, 11) is -0.388. The number of thiazole rings is 1. The molecule has 0 saturated carbocycles. The number of aromatic nitrogens is 1. The molecule has 1 aromatic heterocycles. The van der Waals surface area contributed by atoms with Crippen molar-refractivity contribution in [3.63, 3.8) is 0 Å². The molecule has 2 rings (SSSR count). The Morgan fingerprint density at radius 1 is 1.21 bits per heavy atom. The number of likely N-dealkylation sites (N-methyl/N-ethyl adjacent to an activating group) is 1. The number of hydroxylamine groups is 2. The van der Waals surface area contributed by atoms with Crippen LogP contribution in [0.1, 0.15) is 122 Å². The predicted octanol–water partition coefficient (Wildman–Crippen LogP) is 6.99. The fourth-order valence-electron chi connectivity index (χ4n) is 5.46. The van der Waals surface area contributed by atoms with Gasteiger partial charge in [0.15, 0.2) is 14.0 Å². The fraction of sp³-hybridized carbons (Fsp3) is 0.778. The van der Waals surface area contributed by atoms with E-state index in [4.69, 9.17) is 20.4 Å². The quantitative estimate of drug-likeness (QED) is 0.0572. The molecule has 0 aliphatic carbocycles. The van der Waals surface area contributed by atoms with Gasteiger partial charge in [-0.2, -0.15) is 0 Å². The second kappa shape index (κ2) is 19.2. The van der Waals surface area contributed by atoms with E-state index < -0.39 is 32.5 Å². The number of hydrogen-bond acceptors (Lipinski definition) is 9. The molecule has 1 aliphatic rings. The Bertz CT molecular complexity index is 1230. The van der Waals surface area contributed by atoms with E-state index in [1.54, 1.807) is 12.3 Å². The maximum Gasteiger partial charge on any atom is 0.357 e. The van der Waals surface area contributed by atoms with Crippen LogP contribution in [0.15, 0.2) is 5.38 Å². The smallest absolute Gasteiger partial charge is 0.357 e. The van der Waals surface area contributed by atoms with Gasteiger partial charge in [-0.05, 0) is 69.7 Å². The molecular weight excluding hydrogens is 645 g/mol. The van der Waals surface area contributed by atoms with Gasteiger partial charge >= 0.3 is 5.97 Å². The number of amides is 2. The number of ether oxygens (including phenoxy) is 1. The number of carbonyl (C=O) groups excluding carboxylic acids is 3. The Morgan fingerprint density at radius 3 is 2.46 bits per heavy atom. The first-order valence-electron chi connectivity index (χ1n) is 17.7. The minimum Gasteiger partial charge on any atom is -0.461 e. The summed E-state index contributed by atoms with van der Waals surface area (Å²) < 4.78 is 12.2. The average molecular weight is 707 g/mol. The summed E-state index contributed by atoms with van der Waals surface area (Å²) >= 11 is 1.36. The van der Waals surface area contributed by atoms with E-state index in [2.05, 4.69) is 68.8 Å². The van der Waals surface area contributed by atoms with Crippen molar-refractivity contribution in [3.05, 3.63) is 16.1 Å². The van der Waals surface area contributed by atoms with Crippen LogP contribution in [0.25, 0.3) is 0 Å². The molecule has 10 nitrogen and oxygen atoms in total. The Hall–Kier alpha value is -2.30. The number of rotatable bonds is 18. The van der Waals surface area contributed by atoms with E-state index in [-0.39, 0.29) is 53.6 Å². The van der Waals surface area contributed by atoms with Crippen molar-refractivity contribution in [2.45, 2.75) is 143 Å². The van der Waals surface area contributed by atoms with Gasteiger partial charge in [-0.3, -0.25) is 19.3 Å². The van der Waals surface area contributed by atoms with Gasteiger partial charge in [-0.25, -0.2) is 14.8 Å². The maximum atomic E-state index is 14.7. The molecule has 0 radical (unpaired) electrons. The number of nitrogens with zero attached hydrogens (tertiary/aromatic N) is 3. The molecule has 1 aliphatic heterocycles. The van der Waals surface area contributed by atoms with E-state index >= 15 is 0 Å². The van der Waals surface area contributed by atoms with E-state index in [1.807, 2.05) is 20.9 Å². The number of unbranched alkanes of at least 4 members (excludes halogenated alkanes) is 1. The minimum atomic E-state index is -2.35. The highest BCUT2D eigenvalue weighted by atomic mass is 32.1. The summed E-state index contributed by atoms with van der Waals surface area (Å²) in [6.45, 7) is 22.1. The molecule has 1 fully saturated rings. The Balaban J connectivity index is 2.57. The van der Waals surface area contributed by atoms with E-state index in [1.165, 1.54) is 16.4 Å². The van der Waals surface area contributed by atoms with Crippen LogP contribution in [0.5, 0.6) is 0 Å². The zero-order valence-electron chi connectivity index (χ0n) is 31.4. The van der Waals surface area contributed by atoms with E-state index in [0.29, 0.717) is 30.7 Å². The molecule has 0 aromatic carbocycles. The standard InChI is InChI=1S/C36H62N4O6SSi/c1-13-16-19-22-45-40(34(42)31(26(6)14-2)38-32(41)28-20-17-18-21-39(28)10)29(25(4)5)23-30(46-48(11,12)36(7,8)9)33-37-27(24-47-33)35(43)44-15-3/h1,24-26,28-31H,14-23H2,2-12H3,(H,38,41)/t26-,28+,29+,30+,31-/m0/s1. The van der Waals surface area contributed by atoms with Crippen LogP contribution in [-0.2, 0) is 23.6 Å². The highest BCUT2D eigenvalue weighted by molar-refractivity contribution is 7.09. The van der Waals surface area contributed by atoms with Gasteiger partial charge in [-0.1, -0.05) is 61.3 Å². The lowest BCUT2D eigenvalue weighted by atomic mass is 9.93. The molecule has 1 N–H and O–H groups in total. The summed E-state index contributed by atoms with van der Waals surface area (Å²) in [5, 5.41) is 6.89. The van der Waals surface area contributed by atoms with Gasteiger partial charge in [0, 0.05) is 18.2 Å². The lowest BCUT2D eigenvalue weighted by Gasteiger charge is -2.42. The van der Waals surface area contributed by atoms with Crippen molar-refractivity contribution >= 4 is 37.4 Å². The zero-order chi connectivity index (χ0) is 36.2. The number of carbonyl (C=O) groups is 3. The van der Waals surface area contributed by atoms with Gasteiger partial charge in [0.2, 0.25) is 5.91 Å². The second-order valence-electron chi connectivity index (χ2n) is 14.9. The summed E-state index contributed by atoms with van der Waals surface area (Å²) in [6, 6.07) is -1.49. The van der Waals surface area contributed by atoms with Gasteiger partial charge in [-0.15, -0.1) is 23.7 Å². The van der Waals surface area contributed by atoms with Gasteiger partial charge < -0.3 is 14.5 Å². The molecule has 0 bridgehead atoms. The monoisotopic (exact) mass is 706 g/mol. The number of hydrogen-bond donors (Lipinski definition) is 1. The van der Waals surface area contributed by atoms with Gasteiger partial charge in [0.05, 0.1) is 31.4 Å². The van der Waals surface area contributed by atoms with E-state index in [9.17, 15) is 14.4 Å². The number of piperidine rings is 1. The highest BCUT2D eigenvalue weighted by Crippen LogP contribution is 2.42. The molecule has 1 aromatic rings. The lowest BCUT2D eigenvalue weighted by molar-refractivity contribution is -0.212. The van der Waals surface area contributed by atoms with Gasteiger partial charge in [0.1, 0.15) is 11.0 Å². The molecule has 1 saturated heterocycles. The maximum absolute atomic E-state index is 14.7. The van der Waals surface area contributed by atoms with Crippen LogP contribution >= 0.6 is 11.3 Å². The third-order valence-corrected chi connectivity index (χ3v) is 15.2. The topological polar surface area (TPSA) is 110 Å². The van der Waals surface area contributed by atoms with Crippen LogP contribution in [0.3, 0.4) is 0 Å². The lowest BCUT2D eigenvalue weighted by Crippen LogP contribution is -2.58. The molecular formula is C36H62N4O6SSi. The first-order valence-corrected chi connectivity index (χ1v) is 21.5. The summed E-state index contributed by atoms with van der Waals surface area (Å²) in [5.74, 6) is 1.58. The van der Waals surface area contributed by atoms with Crippen LogP contribution in [0.2, 0.25) is 18.1 Å². The second-order valence-corrected chi connectivity index (χ2v) is 20.5. The van der Waals surface area contributed by atoms with Crippen molar-refractivity contribution in [3.8, 4) is 12.3 Å². The Labute approximate surface area is 295 Å². The van der Waals surface area contributed by atoms with Crippen LogP contribution < -0.4 is 5.32 Å². The first-order chi connectivity index (χ1) is 22.5. The van der Waals surface area contributed by atoms with E-state index in [0.717, 1.165) is 25.8 Å². The minimum absolute atomic E-state index is 0.0469. The van der Waals surface area contributed by atoms with Crippen LogP contribution in [0.4, 0.5) is 0 Å². The van der Waals surface area contributed by atoms with Crippen LogP contribution in [-0.4, -0.2) is 86.0 Å². The van der Waals surface area contributed by atoms with Crippen molar-refractivity contribution in [2.24, 2.45) is 11.8 Å². The van der Waals surface area contributed by atoms with Crippen molar-refractivity contribution in [1.82, 2.24) is 20.3 Å². The molecule has 0 unspecified atom stereocenters. The molecule has 5 atom stereocenters. The summed E-state index contributed by atoms with van der Waals surface area (Å²) in [4.78, 5) is 54.0. The molecule has 2 amide bonds. The molecule has 2 heterocycles. The highest BCUT2D eigenvalue weighted by Gasteiger charge is 2.43. The predicted molar refractivity (Wildman–Crippen MR) is 195 cm³/mol. The molecule has 48 heavy (non-hydrogen) atoms. The van der Waals surface area contributed by atoms with Gasteiger partial charge in [0.25, 0.3) is 5.91 Å². The number of nitrogens with one attached hydrogen (secondary N) is 1. The summed E-state index contributed by atoms with van der Waals surface area (Å²) in [6.07, 6.45) is 10.00. The normalized spacial score (nSPS) is 18.4. The Kier molecular flexibility index (Phi) is 16.7. The SMILES string of the molecule is C#CCCCON(C(=O)[C@@H](NC(=O)[C@H]1CCCCN1C)[C@@H](C)CC)[C@H](C[C@@H](O[Si](C)(C)C(C)(C)C)c1nc(C(=O)OCC)cs1)C(C)C. The third-order valence-electron chi connectivity index (χ3n) is 9.81. The Morgan fingerprint density at radius 2 is 1.90 bits per heavy atom. The largest absolute Gasteiger partial charge is 0.461 e. The summed E-state index contributed by atoms with van der Waals surface area (Å²) in [5.41, 5.74) is 0.243. The van der Waals surface area contributed by atoms with Crippen molar-refractivity contribution in [1.29, 1.82) is 0 Å². The number of likely N-dealkylation sites (tertiary alicyclic amines) is 1. The van der Waals surface area contributed by atoms with Crippen LogP contribution in [0, 0.1) is 24.2 Å². The molecule has 272 valence electrons. The molecule has 0 spiro atoms. The fourth-order valence-corrected chi connectivity index (χ4v) is 7.65. The first kappa shape index (κ1) is 41.9. The zero-order valence-corrected chi connectivity index (χ0v) is 33.2. The van der Waals surface area contributed by atoms with Crippen molar-refractivity contribution < 1.29 is 28.4 Å². The third kappa shape index (κ3) is 11.6. The molecule has 12 heteroatoms. The number of terminal acetylenes is 1. The number of esters is 1.